The minimum absolute atomic E-state index is 0.0410. The molecular weight excluding hydrogens is 222 g/mol. The molecule has 0 spiro atoms. The molecule has 1 fully saturated rings. The summed E-state index contributed by atoms with van der Waals surface area (Å²) < 4.78 is 0. The van der Waals surface area contributed by atoms with Gasteiger partial charge in [0, 0.05) is 25.7 Å². The van der Waals surface area contributed by atoms with Gasteiger partial charge in [-0.2, -0.15) is 5.26 Å². The quantitative estimate of drug-likeness (QED) is 0.684. The van der Waals surface area contributed by atoms with Crippen LogP contribution in [0.25, 0.3) is 0 Å². The molecule has 18 heavy (non-hydrogen) atoms. The van der Waals surface area contributed by atoms with Gasteiger partial charge in [0.25, 0.3) is 0 Å². The molecule has 1 saturated carbocycles. The van der Waals surface area contributed by atoms with Crippen LogP contribution >= 0.6 is 0 Å². The summed E-state index contributed by atoms with van der Waals surface area (Å²) in [6.07, 6.45) is 3.45. The van der Waals surface area contributed by atoms with Crippen LogP contribution in [0.15, 0.2) is 0 Å². The van der Waals surface area contributed by atoms with Gasteiger partial charge in [-0.1, -0.05) is 27.7 Å². The van der Waals surface area contributed by atoms with Crippen molar-refractivity contribution in [3.63, 3.8) is 0 Å². The van der Waals surface area contributed by atoms with Crippen molar-refractivity contribution in [3.05, 3.63) is 0 Å². The van der Waals surface area contributed by atoms with Crippen LogP contribution in [0.3, 0.4) is 0 Å². The van der Waals surface area contributed by atoms with Crippen molar-refractivity contribution in [2.45, 2.75) is 59.0 Å². The highest BCUT2D eigenvalue weighted by Gasteiger charge is 2.24. The topological polar surface area (TPSA) is 39.1 Å². The Morgan fingerprint density at radius 2 is 1.72 bits per heavy atom. The van der Waals surface area contributed by atoms with Crippen molar-refractivity contribution in [1.29, 1.82) is 5.26 Å². The van der Waals surface area contributed by atoms with Crippen LogP contribution in [0.4, 0.5) is 0 Å². The Morgan fingerprint density at radius 3 is 2.11 bits per heavy atom. The zero-order chi connectivity index (χ0) is 13.5. The highest BCUT2D eigenvalue weighted by Crippen LogP contribution is 2.20. The molecule has 1 unspecified atom stereocenters. The fraction of sp³-hybridized carbons (Fsp3) is 0.933. The molecule has 3 heteroatoms. The van der Waals surface area contributed by atoms with E-state index in [0.717, 1.165) is 26.1 Å². The van der Waals surface area contributed by atoms with Crippen LogP contribution in [0.5, 0.6) is 0 Å². The molecule has 0 aromatic carbocycles. The molecule has 1 N–H and O–H groups in total. The molecule has 0 saturated heterocycles. The Kier molecular flexibility index (Phi) is 6.67. The van der Waals surface area contributed by atoms with Gasteiger partial charge in [-0.05, 0) is 31.1 Å². The van der Waals surface area contributed by atoms with Crippen LogP contribution in [0.1, 0.15) is 47.0 Å². The first-order valence-electron chi connectivity index (χ1n) is 7.39. The molecule has 0 radical (unpaired) electrons. The van der Waals surface area contributed by atoms with Crippen LogP contribution in [-0.4, -0.2) is 36.6 Å². The van der Waals surface area contributed by atoms with Gasteiger partial charge < -0.3 is 4.90 Å². The summed E-state index contributed by atoms with van der Waals surface area (Å²) in [6.45, 7) is 12.4. The third kappa shape index (κ3) is 6.98. The van der Waals surface area contributed by atoms with Crippen LogP contribution in [0.2, 0.25) is 0 Å². The van der Waals surface area contributed by atoms with Crippen molar-refractivity contribution < 1.29 is 0 Å². The molecular formula is C15H29N3. The van der Waals surface area contributed by atoms with Crippen molar-refractivity contribution in [1.82, 2.24) is 10.2 Å². The van der Waals surface area contributed by atoms with Gasteiger partial charge in [0.1, 0.15) is 0 Å². The van der Waals surface area contributed by atoms with Gasteiger partial charge in [0.05, 0.1) is 12.1 Å². The van der Waals surface area contributed by atoms with Crippen molar-refractivity contribution in [3.8, 4) is 6.07 Å². The highest BCUT2D eigenvalue weighted by molar-refractivity contribution is 4.96. The number of nitrogens with zero attached hydrogens (tertiary/aromatic N) is 2. The summed E-state index contributed by atoms with van der Waals surface area (Å²) in [5.74, 6) is 1.39. The summed E-state index contributed by atoms with van der Waals surface area (Å²) in [6, 6.07) is 3.06. The predicted molar refractivity (Wildman–Crippen MR) is 76.3 cm³/mol. The molecule has 3 nitrogen and oxygen atoms in total. The van der Waals surface area contributed by atoms with Crippen molar-refractivity contribution >= 4 is 0 Å². The highest BCUT2D eigenvalue weighted by atomic mass is 15.1. The third-order valence-corrected chi connectivity index (χ3v) is 3.15. The maximum Gasteiger partial charge on any atom is 0.0967 e. The zero-order valence-electron chi connectivity index (χ0n) is 12.4. The van der Waals surface area contributed by atoms with Crippen LogP contribution in [0, 0.1) is 23.2 Å². The fourth-order valence-corrected chi connectivity index (χ4v) is 2.32. The molecule has 0 aliphatic heterocycles. The molecule has 0 aromatic heterocycles. The first-order valence-corrected chi connectivity index (χ1v) is 7.39. The Morgan fingerprint density at radius 1 is 1.17 bits per heavy atom. The molecule has 0 bridgehead atoms. The number of nitriles is 1. The Bertz CT molecular complexity index is 253. The standard InChI is InChI=1S/C15H29N3/c1-12(2)10-18(11-13(3)4)8-7-15(9-16)17-14-5-6-14/h12-15,17H,5-8,10-11H2,1-4H3. The van der Waals surface area contributed by atoms with E-state index >= 15 is 0 Å². The Balaban J connectivity index is 2.31. The minimum Gasteiger partial charge on any atom is -0.303 e. The molecule has 1 atom stereocenters. The molecule has 0 heterocycles. The lowest BCUT2D eigenvalue weighted by atomic mass is 10.1. The third-order valence-electron chi connectivity index (χ3n) is 3.15. The van der Waals surface area contributed by atoms with Gasteiger partial charge in [-0.3, -0.25) is 5.32 Å². The fourth-order valence-electron chi connectivity index (χ4n) is 2.32. The Hall–Kier alpha value is -0.590. The van der Waals surface area contributed by atoms with Crippen molar-refractivity contribution in [2.24, 2.45) is 11.8 Å². The number of nitrogens with one attached hydrogen (secondary N) is 1. The van der Waals surface area contributed by atoms with E-state index in [1.54, 1.807) is 0 Å². The molecule has 0 amide bonds. The normalized spacial score (nSPS) is 17.4. The number of rotatable bonds is 9. The molecule has 1 aliphatic rings. The first-order chi connectivity index (χ1) is 8.51. The SMILES string of the molecule is CC(C)CN(CCC(C#N)NC1CC1)CC(C)C. The van der Waals surface area contributed by atoms with E-state index in [4.69, 9.17) is 5.26 Å². The lowest BCUT2D eigenvalue weighted by Gasteiger charge is -2.27. The van der Waals surface area contributed by atoms with E-state index < -0.39 is 0 Å². The van der Waals surface area contributed by atoms with E-state index in [9.17, 15) is 0 Å². The van der Waals surface area contributed by atoms with Gasteiger partial charge in [-0.15, -0.1) is 0 Å². The second-order valence-electron chi connectivity index (χ2n) is 6.46. The second-order valence-corrected chi connectivity index (χ2v) is 6.46. The largest absolute Gasteiger partial charge is 0.303 e. The van der Waals surface area contributed by atoms with E-state index in [-0.39, 0.29) is 6.04 Å². The monoisotopic (exact) mass is 251 g/mol. The first kappa shape index (κ1) is 15.5. The average molecular weight is 251 g/mol. The lowest BCUT2D eigenvalue weighted by molar-refractivity contribution is 0.212. The van der Waals surface area contributed by atoms with E-state index in [0.29, 0.717) is 17.9 Å². The maximum absolute atomic E-state index is 9.15. The molecule has 0 aromatic rings. The average Bonchev–Trinajstić information content (AvgIpc) is 3.05. The van der Waals surface area contributed by atoms with E-state index in [1.165, 1.54) is 12.8 Å². The Labute approximate surface area is 113 Å². The lowest BCUT2D eigenvalue weighted by Crippen LogP contribution is -2.37. The molecule has 104 valence electrons. The summed E-state index contributed by atoms with van der Waals surface area (Å²) in [4.78, 5) is 2.51. The summed E-state index contributed by atoms with van der Waals surface area (Å²) in [7, 11) is 0. The summed E-state index contributed by atoms with van der Waals surface area (Å²) in [5.41, 5.74) is 0. The van der Waals surface area contributed by atoms with E-state index in [2.05, 4.69) is 44.0 Å². The molecule has 1 rings (SSSR count). The maximum atomic E-state index is 9.15. The van der Waals surface area contributed by atoms with E-state index in [1.807, 2.05) is 0 Å². The summed E-state index contributed by atoms with van der Waals surface area (Å²) in [5, 5.41) is 12.6. The summed E-state index contributed by atoms with van der Waals surface area (Å²) >= 11 is 0. The van der Waals surface area contributed by atoms with Gasteiger partial charge in [0.15, 0.2) is 0 Å². The number of hydrogen-bond donors (Lipinski definition) is 1. The molecule has 1 aliphatic carbocycles. The minimum atomic E-state index is 0.0410. The van der Waals surface area contributed by atoms with Gasteiger partial charge in [0.2, 0.25) is 0 Å². The number of hydrogen-bond acceptors (Lipinski definition) is 3. The van der Waals surface area contributed by atoms with Gasteiger partial charge >= 0.3 is 0 Å². The smallest absolute Gasteiger partial charge is 0.0967 e. The van der Waals surface area contributed by atoms with Crippen molar-refractivity contribution in [2.75, 3.05) is 19.6 Å². The zero-order valence-corrected chi connectivity index (χ0v) is 12.4. The van der Waals surface area contributed by atoms with Crippen LogP contribution < -0.4 is 5.32 Å². The predicted octanol–water partition coefficient (Wildman–Crippen LogP) is 2.63. The van der Waals surface area contributed by atoms with Crippen LogP contribution in [-0.2, 0) is 0 Å². The second kappa shape index (κ2) is 7.76. The van der Waals surface area contributed by atoms with Gasteiger partial charge in [-0.25, -0.2) is 0 Å².